The lowest BCUT2D eigenvalue weighted by molar-refractivity contribution is 0.0739. The number of hydrogen-bond donors (Lipinski definition) is 0. The van der Waals surface area contributed by atoms with Crippen molar-refractivity contribution in [3.05, 3.63) is 63.0 Å². The molecule has 1 unspecified atom stereocenters. The highest BCUT2D eigenvalue weighted by atomic mass is 32.1. The van der Waals surface area contributed by atoms with Gasteiger partial charge in [-0.3, -0.25) is 4.79 Å². The van der Waals surface area contributed by atoms with E-state index in [4.69, 9.17) is 0 Å². The van der Waals surface area contributed by atoms with Crippen LogP contribution in [0.5, 0.6) is 0 Å². The molecule has 1 aliphatic rings. The molecule has 1 atom stereocenters. The number of hydrogen-bond acceptors (Lipinski definition) is 4. The molecule has 0 bridgehead atoms. The molecule has 3 heterocycles. The van der Waals surface area contributed by atoms with Crippen molar-refractivity contribution >= 4 is 28.6 Å². The first-order valence-electron chi connectivity index (χ1n) is 8.20. The number of nitrogens with zero attached hydrogens (tertiary/aromatic N) is 2. The summed E-state index contributed by atoms with van der Waals surface area (Å²) in [5.74, 6) is -0.221. The summed E-state index contributed by atoms with van der Waals surface area (Å²) in [6, 6.07) is 8.52. The van der Waals surface area contributed by atoms with Gasteiger partial charge in [0, 0.05) is 17.5 Å². The number of likely N-dealkylation sites (tertiary alicyclic amines) is 1. The zero-order valence-corrected chi connectivity index (χ0v) is 15.4. The lowest BCUT2D eigenvalue weighted by Crippen LogP contribution is -2.30. The topological polar surface area (TPSA) is 33.2 Å². The van der Waals surface area contributed by atoms with Crippen molar-refractivity contribution in [3.63, 3.8) is 0 Å². The highest BCUT2D eigenvalue weighted by Gasteiger charge is 2.32. The Morgan fingerprint density at radius 3 is 2.80 bits per heavy atom. The number of benzene rings is 1. The van der Waals surface area contributed by atoms with Crippen LogP contribution in [0.15, 0.2) is 41.1 Å². The number of aryl methyl sites for hydroxylation is 1. The second kappa shape index (κ2) is 6.69. The molecule has 1 aliphatic heterocycles. The molecule has 4 rings (SSSR count). The summed E-state index contributed by atoms with van der Waals surface area (Å²) < 4.78 is 13.2. The van der Waals surface area contributed by atoms with Crippen LogP contribution in [0.3, 0.4) is 0 Å². The Labute approximate surface area is 153 Å². The van der Waals surface area contributed by atoms with Crippen LogP contribution in [0.4, 0.5) is 4.39 Å². The van der Waals surface area contributed by atoms with Gasteiger partial charge >= 0.3 is 0 Å². The van der Waals surface area contributed by atoms with Crippen LogP contribution in [-0.4, -0.2) is 22.3 Å². The van der Waals surface area contributed by atoms with Crippen molar-refractivity contribution in [2.24, 2.45) is 0 Å². The van der Waals surface area contributed by atoms with E-state index in [9.17, 15) is 9.18 Å². The highest BCUT2D eigenvalue weighted by molar-refractivity contribution is 7.17. The Hall–Kier alpha value is -2.05. The largest absolute Gasteiger partial charge is 0.331 e. The number of thiazole rings is 1. The van der Waals surface area contributed by atoms with Gasteiger partial charge in [0.1, 0.15) is 15.7 Å². The predicted molar refractivity (Wildman–Crippen MR) is 99.6 cm³/mol. The molecule has 0 aliphatic carbocycles. The monoisotopic (exact) mass is 372 g/mol. The maximum absolute atomic E-state index is 13.2. The normalized spacial score (nSPS) is 17.2. The van der Waals surface area contributed by atoms with E-state index in [1.54, 1.807) is 23.5 Å². The number of aromatic nitrogens is 1. The Kier molecular flexibility index (Phi) is 4.39. The fourth-order valence-corrected chi connectivity index (χ4v) is 5.01. The summed E-state index contributed by atoms with van der Waals surface area (Å²) in [6.45, 7) is 2.62. The standard InChI is InChI=1S/C19H17FN2OS2/c1-12-17(25-18(21-12)14-8-10-24-11-14)19(23)22-9-2-3-16(22)13-4-6-15(20)7-5-13/h4-8,10-11,16H,2-3,9H2,1H3. The van der Waals surface area contributed by atoms with Gasteiger partial charge in [0.05, 0.1) is 11.7 Å². The van der Waals surface area contributed by atoms with Crippen molar-refractivity contribution in [2.75, 3.05) is 6.54 Å². The zero-order valence-electron chi connectivity index (χ0n) is 13.7. The molecule has 0 saturated carbocycles. The van der Waals surface area contributed by atoms with Crippen molar-refractivity contribution in [3.8, 4) is 10.6 Å². The van der Waals surface area contributed by atoms with Gasteiger partial charge < -0.3 is 4.90 Å². The third-order valence-electron chi connectivity index (χ3n) is 4.53. The summed E-state index contributed by atoms with van der Waals surface area (Å²) in [5, 5.41) is 4.95. The number of amides is 1. The third kappa shape index (κ3) is 3.12. The summed E-state index contributed by atoms with van der Waals surface area (Å²) in [6.07, 6.45) is 1.87. The molecule has 1 amide bonds. The van der Waals surface area contributed by atoms with Crippen LogP contribution in [-0.2, 0) is 0 Å². The number of thiophene rings is 1. The fraction of sp³-hybridized carbons (Fsp3) is 0.263. The molecule has 3 aromatic rings. The van der Waals surface area contributed by atoms with Gasteiger partial charge in [0.25, 0.3) is 5.91 Å². The van der Waals surface area contributed by atoms with E-state index in [0.29, 0.717) is 4.88 Å². The molecular formula is C19H17FN2OS2. The number of carbonyl (C=O) groups excluding carboxylic acids is 1. The van der Waals surface area contributed by atoms with Gasteiger partial charge in [-0.15, -0.1) is 11.3 Å². The minimum absolute atomic E-state index is 0.0131. The van der Waals surface area contributed by atoms with Crippen molar-refractivity contribution in [1.82, 2.24) is 9.88 Å². The van der Waals surface area contributed by atoms with Gasteiger partial charge in [0.15, 0.2) is 0 Å². The van der Waals surface area contributed by atoms with Gasteiger partial charge in [-0.05, 0) is 48.9 Å². The minimum Gasteiger partial charge on any atom is -0.331 e. The molecule has 3 nitrogen and oxygen atoms in total. The van der Waals surface area contributed by atoms with Gasteiger partial charge in [-0.2, -0.15) is 11.3 Å². The second-order valence-corrected chi connectivity index (χ2v) is 7.93. The third-order valence-corrected chi connectivity index (χ3v) is 6.41. The van der Waals surface area contributed by atoms with Gasteiger partial charge in [0.2, 0.25) is 0 Å². The van der Waals surface area contributed by atoms with E-state index in [-0.39, 0.29) is 17.8 Å². The molecule has 0 radical (unpaired) electrons. The molecule has 0 N–H and O–H groups in total. The molecule has 25 heavy (non-hydrogen) atoms. The Morgan fingerprint density at radius 1 is 1.28 bits per heavy atom. The lowest BCUT2D eigenvalue weighted by atomic mass is 10.0. The van der Waals surface area contributed by atoms with E-state index < -0.39 is 0 Å². The molecule has 1 saturated heterocycles. The van der Waals surface area contributed by atoms with Gasteiger partial charge in [-0.1, -0.05) is 12.1 Å². The SMILES string of the molecule is Cc1nc(-c2ccsc2)sc1C(=O)N1CCCC1c1ccc(F)cc1. The van der Waals surface area contributed by atoms with Crippen LogP contribution in [0.2, 0.25) is 0 Å². The Balaban J connectivity index is 1.63. The fourth-order valence-electron chi connectivity index (χ4n) is 3.28. The van der Waals surface area contributed by atoms with E-state index in [2.05, 4.69) is 4.98 Å². The van der Waals surface area contributed by atoms with E-state index in [1.165, 1.54) is 23.5 Å². The van der Waals surface area contributed by atoms with Crippen LogP contribution in [0.25, 0.3) is 10.6 Å². The van der Waals surface area contributed by atoms with E-state index in [0.717, 1.165) is 41.2 Å². The first-order chi connectivity index (χ1) is 12.1. The predicted octanol–water partition coefficient (Wildman–Crippen LogP) is 5.30. The number of rotatable bonds is 3. The smallest absolute Gasteiger partial charge is 0.266 e. The van der Waals surface area contributed by atoms with Crippen LogP contribution >= 0.6 is 22.7 Å². The van der Waals surface area contributed by atoms with E-state index >= 15 is 0 Å². The van der Waals surface area contributed by atoms with Crippen LogP contribution < -0.4 is 0 Å². The first-order valence-corrected chi connectivity index (χ1v) is 9.96. The quantitative estimate of drug-likeness (QED) is 0.625. The Bertz CT molecular complexity index is 887. The Morgan fingerprint density at radius 2 is 2.08 bits per heavy atom. The van der Waals surface area contributed by atoms with Crippen LogP contribution in [0, 0.1) is 12.7 Å². The lowest BCUT2D eigenvalue weighted by Gasteiger charge is -2.24. The van der Waals surface area contributed by atoms with Crippen molar-refractivity contribution < 1.29 is 9.18 Å². The minimum atomic E-state index is -0.252. The molecule has 1 fully saturated rings. The average Bonchev–Trinajstić information content (AvgIpc) is 3.35. The van der Waals surface area contributed by atoms with Crippen molar-refractivity contribution in [1.29, 1.82) is 0 Å². The maximum Gasteiger partial charge on any atom is 0.266 e. The molecule has 1 aromatic carbocycles. The summed E-state index contributed by atoms with van der Waals surface area (Å²) >= 11 is 3.08. The average molecular weight is 372 g/mol. The molecule has 2 aromatic heterocycles. The second-order valence-electron chi connectivity index (χ2n) is 6.15. The summed E-state index contributed by atoms with van der Waals surface area (Å²) in [7, 11) is 0. The summed E-state index contributed by atoms with van der Waals surface area (Å²) in [5.41, 5.74) is 2.84. The van der Waals surface area contributed by atoms with E-state index in [1.807, 2.05) is 28.7 Å². The molecule has 6 heteroatoms. The first kappa shape index (κ1) is 16.4. The van der Waals surface area contributed by atoms with Gasteiger partial charge in [-0.25, -0.2) is 9.37 Å². The summed E-state index contributed by atoms with van der Waals surface area (Å²) in [4.78, 5) is 20.3. The highest BCUT2D eigenvalue weighted by Crippen LogP contribution is 2.36. The zero-order chi connectivity index (χ0) is 17.4. The molecule has 0 spiro atoms. The molecule has 128 valence electrons. The number of carbonyl (C=O) groups is 1. The maximum atomic E-state index is 13.2. The molecular weight excluding hydrogens is 355 g/mol. The van der Waals surface area contributed by atoms with Crippen molar-refractivity contribution in [2.45, 2.75) is 25.8 Å². The number of halogens is 1. The van der Waals surface area contributed by atoms with Crippen LogP contribution in [0.1, 0.15) is 39.8 Å².